The average Bonchev–Trinajstić information content (AvgIpc) is 2.93. The van der Waals surface area contributed by atoms with Gasteiger partial charge in [0.1, 0.15) is 5.01 Å². The highest BCUT2D eigenvalue weighted by Gasteiger charge is 2.40. The minimum Gasteiger partial charge on any atom is -0.319 e. The van der Waals surface area contributed by atoms with Crippen LogP contribution in [0.1, 0.15) is 74.9 Å². The van der Waals surface area contributed by atoms with E-state index in [1.165, 1.54) is 47.7 Å². The molecule has 19 heavy (non-hydrogen) atoms. The minimum atomic E-state index is -0.128. The molecule has 0 bridgehead atoms. The average molecular weight is 278 g/mol. The zero-order valence-corrected chi connectivity index (χ0v) is 13.3. The van der Waals surface area contributed by atoms with E-state index in [4.69, 9.17) is 10.7 Å². The third-order valence-electron chi connectivity index (χ3n) is 5.32. The van der Waals surface area contributed by atoms with Crippen molar-refractivity contribution in [2.45, 2.75) is 76.7 Å². The highest BCUT2D eigenvalue weighted by atomic mass is 32.1. The molecule has 1 aromatic heterocycles. The lowest BCUT2D eigenvalue weighted by Gasteiger charge is -2.35. The molecule has 106 valence electrons. The number of aromatic nitrogens is 1. The molecule has 0 radical (unpaired) electrons. The lowest BCUT2D eigenvalue weighted by Crippen LogP contribution is -2.40. The number of thiazole rings is 1. The van der Waals surface area contributed by atoms with Crippen LogP contribution < -0.4 is 5.73 Å². The van der Waals surface area contributed by atoms with Crippen molar-refractivity contribution in [3.63, 3.8) is 0 Å². The number of aryl methyl sites for hydroxylation is 1. The maximum absolute atomic E-state index is 6.69. The Morgan fingerprint density at radius 3 is 2.53 bits per heavy atom. The van der Waals surface area contributed by atoms with Gasteiger partial charge in [0.15, 0.2) is 0 Å². The molecule has 3 heteroatoms. The summed E-state index contributed by atoms with van der Waals surface area (Å²) in [5, 5.41) is 1.22. The Kier molecular flexibility index (Phi) is 3.25. The lowest BCUT2D eigenvalue weighted by molar-refractivity contribution is 0.230. The molecule has 0 unspecified atom stereocenters. The van der Waals surface area contributed by atoms with Gasteiger partial charge in [0.2, 0.25) is 0 Å². The summed E-state index contributed by atoms with van der Waals surface area (Å²) in [6, 6.07) is 0. The van der Waals surface area contributed by atoms with Gasteiger partial charge in [-0.25, -0.2) is 4.98 Å². The molecule has 2 aliphatic rings. The fourth-order valence-corrected chi connectivity index (χ4v) is 5.02. The van der Waals surface area contributed by atoms with E-state index >= 15 is 0 Å². The van der Waals surface area contributed by atoms with Crippen LogP contribution in [0.3, 0.4) is 0 Å². The van der Waals surface area contributed by atoms with Gasteiger partial charge >= 0.3 is 0 Å². The van der Waals surface area contributed by atoms with Gasteiger partial charge in [-0.1, -0.05) is 27.2 Å². The van der Waals surface area contributed by atoms with E-state index in [1.807, 2.05) is 11.3 Å². The summed E-state index contributed by atoms with van der Waals surface area (Å²) < 4.78 is 0. The van der Waals surface area contributed by atoms with Gasteiger partial charge in [-0.3, -0.25) is 0 Å². The van der Waals surface area contributed by atoms with E-state index in [0.29, 0.717) is 0 Å². The Hall–Kier alpha value is -0.410. The monoisotopic (exact) mass is 278 g/mol. The first-order chi connectivity index (χ1) is 8.94. The van der Waals surface area contributed by atoms with E-state index < -0.39 is 0 Å². The van der Waals surface area contributed by atoms with Gasteiger partial charge in [0, 0.05) is 10.3 Å². The van der Waals surface area contributed by atoms with Crippen molar-refractivity contribution in [3.05, 3.63) is 15.6 Å². The fourth-order valence-electron chi connectivity index (χ4n) is 3.62. The summed E-state index contributed by atoms with van der Waals surface area (Å²) in [4.78, 5) is 6.49. The summed E-state index contributed by atoms with van der Waals surface area (Å²) in [7, 11) is 0. The summed E-state index contributed by atoms with van der Waals surface area (Å²) in [5.74, 6) is 0.889. The van der Waals surface area contributed by atoms with Crippen molar-refractivity contribution in [2.75, 3.05) is 0 Å². The van der Waals surface area contributed by atoms with Crippen LogP contribution in [-0.4, -0.2) is 4.98 Å². The molecule has 1 aromatic rings. The smallest absolute Gasteiger partial charge is 0.113 e. The van der Waals surface area contributed by atoms with Gasteiger partial charge in [-0.2, -0.15) is 0 Å². The largest absolute Gasteiger partial charge is 0.319 e. The Morgan fingerprint density at radius 1 is 1.26 bits per heavy atom. The number of fused-ring (bicyclic) bond motifs is 1. The molecule has 2 aliphatic carbocycles. The predicted molar refractivity (Wildman–Crippen MR) is 81.6 cm³/mol. The van der Waals surface area contributed by atoms with Crippen LogP contribution in [-0.2, 0) is 17.4 Å². The molecule has 0 aliphatic heterocycles. The fraction of sp³-hybridized carbons (Fsp3) is 0.812. The molecule has 0 saturated heterocycles. The molecule has 0 spiro atoms. The first-order valence-electron chi connectivity index (χ1n) is 7.74. The molecule has 3 rings (SSSR count). The Morgan fingerprint density at radius 2 is 1.95 bits per heavy atom. The lowest BCUT2D eigenvalue weighted by atomic mass is 9.76. The summed E-state index contributed by atoms with van der Waals surface area (Å²) in [6.45, 7) is 6.94. The quantitative estimate of drug-likeness (QED) is 0.883. The Bertz CT molecular complexity index is 467. The van der Waals surface area contributed by atoms with Crippen molar-refractivity contribution in [3.8, 4) is 0 Å². The Balaban J connectivity index is 1.84. The van der Waals surface area contributed by atoms with Crippen molar-refractivity contribution >= 4 is 11.3 Å². The maximum Gasteiger partial charge on any atom is 0.113 e. The number of hydrogen-bond donors (Lipinski definition) is 1. The normalized spacial score (nSPS) is 33.4. The van der Waals surface area contributed by atoms with Crippen LogP contribution in [0.15, 0.2) is 0 Å². The summed E-state index contributed by atoms with van der Waals surface area (Å²) in [6.07, 6.45) is 8.56. The molecule has 0 amide bonds. The van der Waals surface area contributed by atoms with Gasteiger partial charge in [-0.05, 0) is 44.4 Å². The van der Waals surface area contributed by atoms with Crippen molar-refractivity contribution in [2.24, 2.45) is 11.7 Å². The van der Waals surface area contributed by atoms with Crippen LogP contribution in [0.5, 0.6) is 0 Å². The second-order valence-corrected chi connectivity index (χ2v) is 8.27. The van der Waals surface area contributed by atoms with E-state index in [-0.39, 0.29) is 11.0 Å². The first kappa shape index (κ1) is 13.6. The molecule has 1 heterocycles. The topological polar surface area (TPSA) is 38.9 Å². The first-order valence-corrected chi connectivity index (χ1v) is 8.56. The maximum atomic E-state index is 6.69. The molecule has 2 N–H and O–H groups in total. The highest BCUT2D eigenvalue weighted by molar-refractivity contribution is 7.12. The predicted octanol–water partition coefficient (Wildman–Crippen LogP) is 4.12. The third kappa shape index (κ3) is 2.25. The van der Waals surface area contributed by atoms with E-state index in [1.54, 1.807) is 0 Å². The van der Waals surface area contributed by atoms with Gasteiger partial charge in [0.05, 0.1) is 11.2 Å². The second-order valence-electron chi connectivity index (χ2n) is 7.18. The summed E-state index contributed by atoms with van der Waals surface area (Å²) in [5.41, 5.74) is 8.17. The molecule has 1 saturated carbocycles. The molecule has 2 nitrogen and oxygen atoms in total. The second kappa shape index (κ2) is 4.56. The minimum absolute atomic E-state index is 0.128. The van der Waals surface area contributed by atoms with Crippen molar-refractivity contribution < 1.29 is 0 Å². The van der Waals surface area contributed by atoms with Crippen LogP contribution in [0, 0.1) is 5.92 Å². The van der Waals surface area contributed by atoms with Crippen LogP contribution in [0.4, 0.5) is 0 Å². The Labute approximate surface area is 120 Å². The number of hydrogen-bond acceptors (Lipinski definition) is 3. The van der Waals surface area contributed by atoms with Crippen molar-refractivity contribution in [1.82, 2.24) is 4.98 Å². The van der Waals surface area contributed by atoms with Gasteiger partial charge < -0.3 is 5.73 Å². The van der Waals surface area contributed by atoms with Crippen molar-refractivity contribution in [1.29, 1.82) is 0 Å². The number of rotatable bonds is 2. The molecular weight excluding hydrogens is 252 g/mol. The van der Waals surface area contributed by atoms with Crippen LogP contribution in [0.25, 0.3) is 0 Å². The molecular formula is C16H26N2S. The third-order valence-corrected chi connectivity index (χ3v) is 6.65. The zero-order valence-electron chi connectivity index (χ0n) is 12.5. The number of nitrogens with two attached hydrogens (primary N) is 1. The van der Waals surface area contributed by atoms with Gasteiger partial charge in [0.25, 0.3) is 0 Å². The standard InChI is InChI=1S/C16H26N2S/c1-4-11-5-9-16(17,10-6-11)14-18-13-12(19-14)7-8-15(13,2)3/h11H,4-10,17H2,1-3H3. The molecule has 1 fully saturated rings. The SMILES string of the molecule is CCC1CCC(N)(c2nc3c(s2)CCC3(C)C)CC1. The number of nitrogens with zero attached hydrogens (tertiary/aromatic N) is 1. The van der Waals surface area contributed by atoms with Crippen LogP contribution in [0.2, 0.25) is 0 Å². The van der Waals surface area contributed by atoms with Gasteiger partial charge in [-0.15, -0.1) is 11.3 Å². The van der Waals surface area contributed by atoms with E-state index in [0.717, 1.165) is 18.8 Å². The zero-order chi connectivity index (χ0) is 13.7. The highest BCUT2D eigenvalue weighted by Crippen LogP contribution is 2.46. The summed E-state index contributed by atoms with van der Waals surface area (Å²) >= 11 is 1.90. The van der Waals surface area contributed by atoms with Crippen LogP contribution >= 0.6 is 11.3 Å². The van der Waals surface area contributed by atoms with E-state index in [2.05, 4.69) is 20.8 Å². The van der Waals surface area contributed by atoms with E-state index in [9.17, 15) is 0 Å². The molecule has 0 aromatic carbocycles. The molecule has 0 atom stereocenters.